The van der Waals surface area contributed by atoms with E-state index in [2.05, 4.69) is 135 Å². The Bertz CT molecular complexity index is 1600. The largest absolute Gasteiger partial charge is 0.472 e. The van der Waals surface area contributed by atoms with E-state index in [9.17, 15) is 19.0 Å². The van der Waals surface area contributed by atoms with Crippen LogP contribution in [0.25, 0.3) is 0 Å². The van der Waals surface area contributed by atoms with Gasteiger partial charge in [-0.3, -0.25) is 18.6 Å². The fourth-order valence-corrected chi connectivity index (χ4v) is 8.33. The quantitative estimate of drug-likeness (QED) is 0.0264. The van der Waals surface area contributed by atoms with E-state index in [-0.39, 0.29) is 32.6 Å². The first kappa shape index (κ1) is 69.4. The Morgan fingerprint density at radius 1 is 0.425 bits per heavy atom. The highest BCUT2D eigenvalue weighted by Crippen LogP contribution is 2.43. The predicted octanol–water partition coefficient (Wildman–Crippen LogP) is 18.4. The van der Waals surface area contributed by atoms with Gasteiger partial charge in [-0.2, -0.15) is 0 Å². The molecule has 2 unspecified atom stereocenters. The molecule has 0 aliphatic heterocycles. The summed E-state index contributed by atoms with van der Waals surface area (Å²) in [7, 11) is -4.40. The highest BCUT2D eigenvalue weighted by atomic mass is 31.2. The van der Waals surface area contributed by atoms with Crippen molar-refractivity contribution < 1.29 is 37.6 Å². The average molecular weight is 1040 g/mol. The summed E-state index contributed by atoms with van der Waals surface area (Å²) in [6, 6.07) is 0. The van der Waals surface area contributed by atoms with Crippen LogP contribution in [0.3, 0.4) is 0 Å². The molecule has 0 heterocycles. The molecule has 0 aromatic rings. The molecule has 0 aliphatic carbocycles. The van der Waals surface area contributed by atoms with Crippen molar-refractivity contribution in [2.75, 3.05) is 26.4 Å². The number of carbonyl (C=O) groups is 2. The van der Waals surface area contributed by atoms with E-state index in [1.165, 1.54) is 89.9 Å². The lowest BCUT2D eigenvalue weighted by molar-refractivity contribution is -0.161. The van der Waals surface area contributed by atoms with Crippen LogP contribution in [0.15, 0.2) is 122 Å². The predicted molar refractivity (Wildman–Crippen MR) is 311 cm³/mol. The Kier molecular flexibility index (Phi) is 54.8. The molecule has 3 N–H and O–H groups in total. The van der Waals surface area contributed by atoms with Crippen LogP contribution in [0.4, 0.5) is 0 Å². The number of esters is 2. The van der Waals surface area contributed by atoms with Crippen molar-refractivity contribution in [3.8, 4) is 0 Å². The Morgan fingerprint density at radius 2 is 0.753 bits per heavy atom. The van der Waals surface area contributed by atoms with E-state index in [4.69, 9.17) is 24.3 Å². The molecule has 2 atom stereocenters. The van der Waals surface area contributed by atoms with Gasteiger partial charge in [0.25, 0.3) is 0 Å². The summed E-state index contributed by atoms with van der Waals surface area (Å²) in [5.74, 6) is -0.858. The number of phosphoric ester groups is 1. The normalized spacial score (nSPS) is 14.0. The zero-order chi connectivity index (χ0) is 53.1. The van der Waals surface area contributed by atoms with Crippen LogP contribution in [0.2, 0.25) is 0 Å². The third kappa shape index (κ3) is 57.5. The van der Waals surface area contributed by atoms with Gasteiger partial charge in [0.2, 0.25) is 0 Å². The van der Waals surface area contributed by atoms with Crippen molar-refractivity contribution in [3.63, 3.8) is 0 Å². The van der Waals surface area contributed by atoms with Crippen LogP contribution < -0.4 is 5.73 Å². The van der Waals surface area contributed by atoms with Crippen molar-refractivity contribution >= 4 is 19.8 Å². The second-order valence-electron chi connectivity index (χ2n) is 18.8. The minimum absolute atomic E-state index is 0.0437. The maximum atomic E-state index is 12.7. The van der Waals surface area contributed by atoms with E-state index in [0.717, 1.165) is 109 Å². The van der Waals surface area contributed by atoms with Crippen LogP contribution in [0, 0.1) is 0 Å². The fourth-order valence-electron chi connectivity index (χ4n) is 7.56. The fraction of sp³-hybridized carbons (Fsp3) is 0.651. The molecule has 0 rings (SSSR count). The maximum absolute atomic E-state index is 12.7. The molecule has 0 radical (unpaired) electrons. The third-order valence-electron chi connectivity index (χ3n) is 11.8. The van der Waals surface area contributed by atoms with Gasteiger partial charge in [-0.15, -0.1) is 0 Å². The summed E-state index contributed by atoms with van der Waals surface area (Å²) < 4.78 is 33.0. The second kappa shape index (κ2) is 57.7. The molecule has 0 fully saturated rings. The molecule has 0 aromatic heterocycles. The molecule has 0 aliphatic rings. The Labute approximate surface area is 447 Å². The van der Waals surface area contributed by atoms with Crippen molar-refractivity contribution in [1.29, 1.82) is 0 Å². The van der Waals surface area contributed by atoms with Gasteiger partial charge in [0.1, 0.15) is 6.61 Å². The van der Waals surface area contributed by atoms with Crippen LogP contribution in [0.5, 0.6) is 0 Å². The van der Waals surface area contributed by atoms with Crippen molar-refractivity contribution in [1.82, 2.24) is 0 Å². The number of allylic oxidation sites excluding steroid dienone is 20. The van der Waals surface area contributed by atoms with E-state index >= 15 is 0 Å². The number of carbonyl (C=O) groups excluding carboxylic acids is 2. The van der Waals surface area contributed by atoms with Crippen molar-refractivity contribution in [2.45, 2.75) is 238 Å². The standard InChI is InChI=1S/C63H106NO8P/c1-3-5-7-9-11-13-15-17-19-21-23-24-25-26-27-28-29-30-31-32-33-34-35-36-38-40-42-44-46-48-50-52-54-56-63(66)72-61(60-71-73(67,68)70-58-57-64)59-69-62(65)55-53-51-49-47-45-43-41-39-37-22-20-18-16-14-12-10-8-6-4-2/h5,7,11,13,17-20,23-24,26-27,29-30,32-33,35-36,40,42,61H,3-4,6,8-10,12,14-16,21-22,25,28,31,34,37-39,41,43-60,64H2,1-2H3,(H,67,68)/b7-5-,13-11-,19-17-,20-18-,24-23-,27-26-,30-29-,33-32-,36-35-,42-40-. The molecular weight excluding hydrogens is 930 g/mol. The third-order valence-corrected chi connectivity index (χ3v) is 12.8. The van der Waals surface area contributed by atoms with Gasteiger partial charge < -0.3 is 20.1 Å². The van der Waals surface area contributed by atoms with Gasteiger partial charge in [-0.1, -0.05) is 232 Å². The molecule has 0 saturated carbocycles. The number of nitrogens with two attached hydrogens (primary N) is 1. The number of phosphoric acid groups is 1. The van der Waals surface area contributed by atoms with Crippen LogP contribution in [-0.2, 0) is 32.7 Å². The molecule has 0 saturated heterocycles. The lowest BCUT2D eigenvalue weighted by Gasteiger charge is -2.19. The molecule has 73 heavy (non-hydrogen) atoms. The minimum atomic E-state index is -4.40. The first-order chi connectivity index (χ1) is 35.8. The lowest BCUT2D eigenvalue weighted by atomic mass is 10.1. The van der Waals surface area contributed by atoms with Gasteiger partial charge >= 0.3 is 19.8 Å². The monoisotopic (exact) mass is 1040 g/mol. The molecule has 0 spiro atoms. The molecule has 9 nitrogen and oxygen atoms in total. The van der Waals surface area contributed by atoms with E-state index < -0.39 is 32.5 Å². The topological polar surface area (TPSA) is 134 Å². The van der Waals surface area contributed by atoms with E-state index in [0.29, 0.717) is 6.42 Å². The maximum Gasteiger partial charge on any atom is 0.472 e. The van der Waals surface area contributed by atoms with Crippen molar-refractivity contribution in [3.05, 3.63) is 122 Å². The smallest absolute Gasteiger partial charge is 0.462 e. The Morgan fingerprint density at radius 3 is 1.14 bits per heavy atom. The molecule has 416 valence electrons. The average Bonchev–Trinajstić information content (AvgIpc) is 3.38. The molecule has 0 bridgehead atoms. The summed E-state index contributed by atoms with van der Waals surface area (Å²) in [5, 5.41) is 0. The molecular formula is C63H106NO8P. The van der Waals surface area contributed by atoms with E-state index in [1.54, 1.807) is 0 Å². The molecule has 10 heteroatoms. The summed E-state index contributed by atoms with van der Waals surface area (Å²) in [6.07, 6.45) is 79.6. The van der Waals surface area contributed by atoms with Gasteiger partial charge in [-0.05, 0) is 109 Å². The van der Waals surface area contributed by atoms with Crippen LogP contribution >= 0.6 is 7.82 Å². The summed E-state index contributed by atoms with van der Waals surface area (Å²) >= 11 is 0. The second-order valence-corrected chi connectivity index (χ2v) is 20.2. The highest BCUT2D eigenvalue weighted by molar-refractivity contribution is 7.47. The molecule has 0 amide bonds. The highest BCUT2D eigenvalue weighted by Gasteiger charge is 2.26. The molecule has 0 aromatic carbocycles. The van der Waals surface area contributed by atoms with Gasteiger partial charge in [0.15, 0.2) is 6.10 Å². The number of ether oxygens (including phenoxy) is 2. The zero-order valence-electron chi connectivity index (χ0n) is 46.3. The SMILES string of the molecule is CC/C=C\C/C=C\C/C=C\C/C=C\C/C=C\C/C=C\C/C=C\C/C=C\C/C=C\CCCCCCCC(=O)OC(COC(=O)CCCCCCCCCCC/C=C\CCCCCCCC)COP(=O)(O)OCCN. The zero-order valence-corrected chi connectivity index (χ0v) is 47.2. The van der Waals surface area contributed by atoms with E-state index in [1.807, 2.05) is 0 Å². The number of hydrogen-bond donors (Lipinski definition) is 2. The first-order valence-corrected chi connectivity index (χ1v) is 30.5. The van der Waals surface area contributed by atoms with Gasteiger partial charge in [0, 0.05) is 19.4 Å². The van der Waals surface area contributed by atoms with Crippen LogP contribution in [0.1, 0.15) is 232 Å². The minimum Gasteiger partial charge on any atom is -0.462 e. The summed E-state index contributed by atoms with van der Waals surface area (Å²) in [6.45, 7) is 3.59. The van der Waals surface area contributed by atoms with Gasteiger partial charge in [0.05, 0.1) is 13.2 Å². The lowest BCUT2D eigenvalue weighted by Crippen LogP contribution is -2.29. The van der Waals surface area contributed by atoms with Gasteiger partial charge in [-0.25, -0.2) is 4.57 Å². The van der Waals surface area contributed by atoms with Crippen molar-refractivity contribution in [2.24, 2.45) is 5.73 Å². The number of hydrogen-bond acceptors (Lipinski definition) is 8. The number of unbranched alkanes of at least 4 members (excludes halogenated alkanes) is 20. The number of rotatable bonds is 53. The first-order valence-electron chi connectivity index (χ1n) is 29.0. The van der Waals surface area contributed by atoms with Crippen LogP contribution in [-0.4, -0.2) is 49.3 Å². The Balaban J connectivity index is 4.08. The Hall–Kier alpha value is -3.59. The summed E-state index contributed by atoms with van der Waals surface area (Å²) in [5.41, 5.74) is 5.38. The summed E-state index contributed by atoms with van der Waals surface area (Å²) in [4.78, 5) is 35.2.